The third kappa shape index (κ3) is 1.93. The summed E-state index contributed by atoms with van der Waals surface area (Å²) in [6, 6.07) is 1.59. The summed E-state index contributed by atoms with van der Waals surface area (Å²) in [6.07, 6.45) is 0. The van der Waals surface area contributed by atoms with Crippen LogP contribution in [0.25, 0.3) is 11.5 Å². The van der Waals surface area contributed by atoms with Crippen molar-refractivity contribution in [1.82, 2.24) is 4.98 Å². The van der Waals surface area contributed by atoms with E-state index in [1.807, 2.05) is 0 Å². The topological polar surface area (TPSA) is 63.3 Å². The predicted molar refractivity (Wildman–Crippen MR) is 61.5 cm³/mol. The lowest BCUT2D eigenvalue weighted by Gasteiger charge is -1.89. The Morgan fingerprint density at radius 2 is 2.25 bits per heavy atom. The Bertz CT molecular complexity index is 561. The zero-order valence-electron chi connectivity index (χ0n) is 7.95. The lowest BCUT2D eigenvalue weighted by atomic mass is 10.3. The maximum Gasteiger partial charge on any atom is 0.373 e. The van der Waals surface area contributed by atoms with E-state index in [1.54, 1.807) is 13.0 Å². The van der Waals surface area contributed by atoms with Crippen LogP contribution in [0.1, 0.15) is 16.2 Å². The van der Waals surface area contributed by atoms with Gasteiger partial charge in [0, 0.05) is 0 Å². The molecule has 0 unspecified atom stereocenters. The first-order valence-electron chi connectivity index (χ1n) is 4.15. The maximum absolute atomic E-state index is 10.8. The Labute approximate surface area is 104 Å². The largest absolute Gasteiger partial charge is 0.475 e. The molecule has 4 nitrogen and oxygen atoms in total. The van der Waals surface area contributed by atoms with Gasteiger partial charge in [0.15, 0.2) is 0 Å². The van der Waals surface area contributed by atoms with Gasteiger partial charge in [0.1, 0.15) is 4.34 Å². The number of nitrogens with zero attached hydrogens (tertiary/aromatic N) is 1. The van der Waals surface area contributed by atoms with Crippen LogP contribution in [0, 0.1) is 6.92 Å². The van der Waals surface area contributed by atoms with Crippen LogP contribution in [-0.2, 0) is 0 Å². The number of aromatic nitrogens is 1. The third-order valence-electron chi connectivity index (χ3n) is 1.88. The van der Waals surface area contributed by atoms with Crippen molar-refractivity contribution in [1.29, 1.82) is 0 Å². The minimum atomic E-state index is -1.16. The molecule has 0 aliphatic rings. The van der Waals surface area contributed by atoms with Crippen LogP contribution in [-0.4, -0.2) is 16.1 Å². The Balaban J connectivity index is 2.53. The van der Waals surface area contributed by atoms with Crippen LogP contribution in [0.2, 0.25) is 8.67 Å². The minimum Gasteiger partial charge on any atom is -0.475 e. The molecule has 0 saturated carbocycles. The van der Waals surface area contributed by atoms with E-state index in [0.717, 1.165) is 0 Å². The van der Waals surface area contributed by atoms with E-state index in [4.69, 9.17) is 32.7 Å². The number of carbonyl (C=O) groups is 1. The van der Waals surface area contributed by atoms with Gasteiger partial charge in [-0.1, -0.05) is 23.2 Å². The third-order valence-corrected chi connectivity index (χ3v) is 3.37. The molecule has 0 spiro atoms. The first kappa shape index (κ1) is 11.4. The minimum absolute atomic E-state index is 0.169. The van der Waals surface area contributed by atoms with Crippen LogP contribution in [0.15, 0.2) is 10.5 Å². The predicted octanol–water partition coefficient (Wildman–Crippen LogP) is 3.72. The van der Waals surface area contributed by atoms with E-state index < -0.39 is 5.97 Å². The number of halogens is 2. The number of rotatable bonds is 2. The van der Waals surface area contributed by atoms with Crippen LogP contribution in [0.5, 0.6) is 0 Å². The summed E-state index contributed by atoms with van der Waals surface area (Å²) in [5.41, 5.74) is 0.813. The van der Waals surface area contributed by atoms with E-state index in [1.165, 1.54) is 11.3 Å². The van der Waals surface area contributed by atoms with Crippen LogP contribution < -0.4 is 0 Å². The van der Waals surface area contributed by atoms with E-state index in [9.17, 15) is 4.79 Å². The van der Waals surface area contributed by atoms with Crippen molar-refractivity contribution in [3.63, 3.8) is 0 Å². The summed E-state index contributed by atoms with van der Waals surface area (Å²) in [6.45, 7) is 1.55. The zero-order chi connectivity index (χ0) is 11.9. The Morgan fingerprint density at radius 3 is 2.69 bits per heavy atom. The molecule has 0 atom stereocenters. The molecule has 1 N–H and O–H groups in total. The highest BCUT2D eigenvalue weighted by atomic mass is 35.5. The van der Waals surface area contributed by atoms with Crippen molar-refractivity contribution in [2.75, 3.05) is 0 Å². The van der Waals surface area contributed by atoms with Gasteiger partial charge >= 0.3 is 5.97 Å². The van der Waals surface area contributed by atoms with Gasteiger partial charge in [-0.2, -0.15) is 0 Å². The molecule has 84 valence electrons. The fraction of sp³-hybridized carbons (Fsp3) is 0.111. The lowest BCUT2D eigenvalue weighted by molar-refractivity contribution is 0.0662. The first-order chi connectivity index (χ1) is 7.49. The Hall–Kier alpha value is -1.04. The molecular weight excluding hydrogens is 273 g/mol. The quantitative estimate of drug-likeness (QED) is 0.909. The van der Waals surface area contributed by atoms with E-state index in [2.05, 4.69) is 4.98 Å². The number of thiophene rings is 1. The number of carboxylic acids is 1. The molecule has 0 amide bonds. The summed E-state index contributed by atoms with van der Waals surface area (Å²) in [5.74, 6) is -1.18. The summed E-state index contributed by atoms with van der Waals surface area (Å²) < 4.78 is 6.02. The Kier molecular flexibility index (Phi) is 2.92. The highest BCUT2D eigenvalue weighted by molar-refractivity contribution is 7.20. The van der Waals surface area contributed by atoms with Gasteiger partial charge in [0.2, 0.25) is 11.7 Å². The number of aromatic carboxylic acids is 1. The standard InChI is InChI=1S/C9H5Cl2NO3S/c1-3-6(9(13)14)15-8(12-3)4-2-5(10)16-7(4)11/h2H,1H3,(H,13,14). The SMILES string of the molecule is Cc1nc(-c2cc(Cl)sc2Cl)oc1C(=O)O. The molecule has 2 aromatic rings. The first-order valence-corrected chi connectivity index (χ1v) is 5.72. The zero-order valence-corrected chi connectivity index (χ0v) is 10.3. The molecule has 16 heavy (non-hydrogen) atoms. The second kappa shape index (κ2) is 4.08. The molecule has 0 saturated heterocycles. The summed E-state index contributed by atoms with van der Waals surface area (Å²) >= 11 is 12.9. The van der Waals surface area contributed by atoms with Crippen LogP contribution in [0.3, 0.4) is 0 Å². The monoisotopic (exact) mass is 277 g/mol. The second-order valence-electron chi connectivity index (χ2n) is 2.98. The summed E-state index contributed by atoms with van der Waals surface area (Å²) in [7, 11) is 0. The molecule has 0 aliphatic heterocycles. The van der Waals surface area contributed by atoms with E-state index in [-0.39, 0.29) is 11.7 Å². The average Bonchev–Trinajstić information content (AvgIpc) is 2.69. The van der Waals surface area contributed by atoms with Crippen molar-refractivity contribution >= 4 is 40.5 Å². The van der Waals surface area contributed by atoms with Crippen molar-refractivity contribution in [2.45, 2.75) is 6.92 Å². The van der Waals surface area contributed by atoms with Crippen LogP contribution >= 0.6 is 34.5 Å². The number of hydrogen-bond donors (Lipinski definition) is 1. The normalized spacial score (nSPS) is 10.7. The fourth-order valence-corrected chi connectivity index (χ4v) is 2.64. The van der Waals surface area contributed by atoms with E-state index >= 15 is 0 Å². The van der Waals surface area contributed by atoms with Crippen molar-refractivity contribution in [2.24, 2.45) is 0 Å². The van der Waals surface area contributed by atoms with Gasteiger partial charge in [0.25, 0.3) is 0 Å². The number of hydrogen-bond acceptors (Lipinski definition) is 4. The van der Waals surface area contributed by atoms with Gasteiger partial charge in [-0.05, 0) is 13.0 Å². The number of carboxylic acid groups (broad SMARTS) is 1. The molecule has 0 fully saturated rings. The highest BCUT2D eigenvalue weighted by Gasteiger charge is 2.20. The molecule has 0 aliphatic carbocycles. The molecule has 0 radical (unpaired) electrons. The maximum atomic E-state index is 10.8. The van der Waals surface area contributed by atoms with Gasteiger partial charge in [-0.15, -0.1) is 11.3 Å². The van der Waals surface area contributed by atoms with E-state index in [0.29, 0.717) is 19.9 Å². The number of oxazole rings is 1. The molecule has 0 bridgehead atoms. The van der Waals surface area contributed by atoms with Crippen molar-refractivity contribution in [3.8, 4) is 11.5 Å². The molecule has 0 aromatic carbocycles. The van der Waals surface area contributed by atoms with Gasteiger partial charge < -0.3 is 9.52 Å². The molecule has 2 heterocycles. The van der Waals surface area contributed by atoms with Gasteiger partial charge in [-0.25, -0.2) is 9.78 Å². The summed E-state index contributed by atoms with van der Waals surface area (Å²) in [4.78, 5) is 14.8. The second-order valence-corrected chi connectivity index (χ2v) is 5.26. The number of aryl methyl sites for hydroxylation is 1. The highest BCUT2D eigenvalue weighted by Crippen LogP contribution is 2.38. The Morgan fingerprint density at radius 1 is 1.56 bits per heavy atom. The lowest BCUT2D eigenvalue weighted by Crippen LogP contribution is -1.95. The van der Waals surface area contributed by atoms with Crippen molar-refractivity contribution < 1.29 is 14.3 Å². The van der Waals surface area contributed by atoms with Gasteiger partial charge in [-0.3, -0.25) is 0 Å². The summed E-state index contributed by atoms with van der Waals surface area (Å²) in [5, 5.41) is 8.81. The molecular formula is C9H5Cl2NO3S. The fourth-order valence-electron chi connectivity index (χ4n) is 1.20. The van der Waals surface area contributed by atoms with Crippen molar-refractivity contribution in [3.05, 3.63) is 26.2 Å². The smallest absolute Gasteiger partial charge is 0.373 e. The molecule has 7 heteroatoms. The van der Waals surface area contributed by atoms with Gasteiger partial charge in [0.05, 0.1) is 15.6 Å². The van der Waals surface area contributed by atoms with Crippen LogP contribution in [0.4, 0.5) is 0 Å². The molecule has 2 aromatic heterocycles. The average molecular weight is 278 g/mol. The molecule has 2 rings (SSSR count).